The third-order valence-corrected chi connectivity index (χ3v) is 6.85. The Bertz CT molecular complexity index is 1040. The molecule has 31 heavy (non-hydrogen) atoms. The fourth-order valence-electron chi connectivity index (χ4n) is 4.86. The van der Waals surface area contributed by atoms with E-state index in [-0.39, 0.29) is 29.9 Å². The second-order valence-corrected chi connectivity index (χ2v) is 9.02. The van der Waals surface area contributed by atoms with Crippen LogP contribution in [-0.2, 0) is 9.59 Å². The molecule has 1 atom stereocenters. The Morgan fingerprint density at radius 1 is 1.03 bits per heavy atom. The van der Waals surface area contributed by atoms with Crippen LogP contribution in [0.2, 0.25) is 5.02 Å². The molecule has 3 heterocycles. The van der Waals surface area contributed by atoms with E-state index in [0.717, 1.165) is 5.69 Å². The van der Waals surface area contributed by atoms with Crippen LogP contribution in [0.1, 0.15) is 36.0 Å². The molecule has 160 valence electrons. The number of rotatable bonds is 2. The van der Waals surface area contributed by atoms with Crippen LogP contribution in [0, 0.1) is 5.92 Å². The molecule has 5 rings (SSSR count). The summed E-state index contributed by atoms with van der Waals surface area (Å²) in [6.45, 7) is 1.43. The van der Waals surface area contributed by atoms with Crippen LogP contribution in [0.15, 0.2) is 48.5 Å². The van der Waals surface area contributed by atoms with Gasteiger partial charge in [-0.05, 0) is 36.4 Å². The van der Waals surface area contributed by atoms with E-state index in [0.29, 0.717) is 55.2 Å². The van der Waals surface area contributed by atoms with Gasteiger partial charge in [-0.3, -0.25) is 14.4 Å². The molecule has 0 aliphatic carbocycles. The standard InChI is InChI=1S/C24H23ClN2O4/c25-17-5-7-18(8-6-17)27-15-16(13-22(27)29)23(30)26-11-9-24(10-12-26)14-20(28)19-3-1-2-4-21(19)31-24/h1-8,16H,9-15H2. The van der Waals surface area contributed by atoms with Gasteiger partial charge in [-0.15, -0.1) is 0 Å². The zero-order valence-corrected chi connectivity index (χ0v) is 17.8. The summed E-state index contributed by atoms with van der Waals surface area (Å²) in [5.74, 6) is 0.334. The lowest BCUT2D eigenvalue weighted by Crippen LogP contribution is -2.53. The van der Waals surface area contributed by atoms with Gasteiger partial charge in [-0.2, -0.15) is 0 Å². The van der Waals surface area contributed by atoms with Gasteiger partial charge >= 0.3 is 0 Å². The number of likely N-dealkylation sites (tertiary alicyclic amines) is 1. The van der Waals surface area contributed by atoms with Gasteiger partial charge in [0.15, 0.2) is 5.78 Å². The third-order valence-electron chi connectivity index (χ3n) is 6.60. The zero-order chi connectivity index (χ0) is 21.6. The van der Waals surface area contributed by atoms with E-state index in [1.165, 1.54) is 0 Å². The summed E-state index contributed by atoms with van der Waals surface area (Å²) >= 11 is 5.94. The number of hydrogen-bond donors (Lipinski definition) is 0. The smallest absolute Gasteiger partial charge is 0.228 e. The summed E-state index contributed by atoms with van der Waals surface area (Å²) < 4.78 is 6.25. The topological polar surface area (TPSA) is 66.9 Å². The van der Waals surface area contributed by atoms with Gasteiger partial charge in [0.2, 0.25) is 11.8 Å². The molecular weight excluding hydrogens is 416 g/mol. The van der Waals surface area contributed by atoms with Crippen LogP contribution in [0.3, 0.4) is 0 Å². The Morgan fingerprint density at radius 2 is 1.74 bits per heavy atom. The Labute approximate surface area is 185 Å². The number of para-hydroxylation sites is 1. The maximum absolute atomic E-state index is 13.1. The molecule has 6 nitrogen and oxygen atoms in total. The normalized spacial score (nSPS) is 22.4. The predicted molar refractivity (Wildman–Crippen MR) is 116 cm³/mol. The first-order valence-electron chi connectivity index (χ1n) is 10.6. The maximum Gasteiger partial charge on any atom is 0.228 e. The highest BCUT2D eigenvalue weighted by molar-refractivity contribution is 6.30. The fourth-order valence-corrected chi connectivity index (χ4v) is 4.98. The second-order valence-electron chi connectivity index (χ2n) is 8.59. The van der Waals surface area contributed by atoms with E-state index < -0.39 is 5.60 Å². The highest BCUT2D eigenvalue weighted by Crippen LogP contribution is 2.39. The molecule has 3 aliphatic heterocycles. The summed E-state index contributed by atoms with van der Waals surface area (Å²) in [6.07, 6.45) is 1.78. The van der Waals surface area contributed by atoms with Crippen LogP contribution < -0.4 is 9.64 Å². The van der Waals surface area contributed by atoms with Crippen LogP contribution in [0.25, 0.3) is 0 Å². The molecule has 0 saturated carbocycles. The lowest BCUT2D eigenvalue weighted by Gasteiger charge is -2.44. The molecule has 2 aromatic carbocycles. The van der Waals surface area contributed by atoms with Gasteiger partial charge in [-0.1, -0.05) is 23.7 Å². The minimum Gasteiger partial charge on any atom is -0.486 e. The van der Waals surface area contributed by atoms with Gasteiger partial charge in [0.1, 0.15) is 11.4 Å². The number of hydrogen-bond acceptors (Lipinski definition) is 4. The van der Waals surface area contributed by atoms with E-state index in [1.807, 2.05) is 23.1 Å². The Balaban J connectivity index is 1.23. The van der Waals surface area contributed by atoms with Crippen molar-refractivity contribution in [2.45, 2.75) is 31.3 Å². The van der Waals surface area contributed by atoms with Crippen LogP contribution in [0.4, 0.5) is 5.69 Å². The molecule has 2 amide bonds. The summed E-state index contributed by atoms with van der Waals surface area (Å²) in [6, 6.07) is 14.4. The van der Waals surface area contributed by atoms with Crippen molar-refractivity contribution >= 4 is 34.9 Å². The van der Waals surface area contributed by atoms with Crippen molar-refractivity contribution in [2.24, 2.45) is 5.92 Å². The summed E-state index contributed by atoms with van der Waals surface area (Å²) in [7, 11) is 0. The molecule has 1 unspecified atom stereocenters. The number of fused-ring (bicyclic) bond motifs is 1. The molecule has 0 bridgehead atoms. The van der Waals surface area contributed by atoms with Crippen LogP contribution >= 0.6 is 11.6 Å². The number of nitrogens with zero attached hydrogens (tertiary/aromatic N) is 2. The largest absolute Gasteiger partial charge is 0.486 e. The van der Waals surface area contributed by atoms with Crippen molar-refractivity contribution < 1.29 is 19.1 Å². The van der Waals surface area contributed by atoms with Crippen molar-refractivity contribution in [2.75, 3.05) is 24.5 Å². The molecule has 2 aromatic rings. The number of carbonyl (C=O) groups excluding carboxylic acids is 3. The van der Waals surface area contributed by atoms with Crippen LogP contribution in [-0.4, -0.2) is 47.7 Å². The van der Waals surface area contributed by atoms with E-state index in [4.69, 9.17) is 16.3 Å². The summed E-state index contributed by atoms with van der Waals surface area (Å²) in [5.41, 5.74) is 0.858. The first kappa shape index (κ1) is 20.1. The minimum absolute atomic E-state index is 0.00204. The molecule has 2 fully saturated rings. The van der Waals surface area contributed by atoms with Gasteiger partial charge in [0.25, 0.3) is 0 Å². The van der Waals surface area contributed by atoms with Gasteiger partial charge in [0.05, 0.1) is 17.9 Å². The van der Waals surface area contributed by atoms with E-state index in [2.05, 4.69) is 0 Å². The number of carbonyl (C=O) groups is 3. The van der Waals surface area contributed by atoms with Crippen molar-refractivity contribution in [3.05, 3.63) is 59.1 Å². The molecular formula is C24H23ClN2O4. The van der Waals surface area contributed by atoms with Crippen LogP contribution in [0.5, 0.6) is 5.75 Å². The maximum atomic E-state index is 13.1. The average molecular weight is 439 g/mol. The molecule has 0 aromatic heterocycles. The van der Waals surface area contributed by atoms with Gasteiger partial charge in [0, 0.05) is 49.6 Å². The van der Waals surface area contributed by atoms with E-state index in [9.17, 15) is 14.4 Å². The lowest BCUT2D eigenvalue weighted by molar-refractivity contribution is -0.139. The quantitative estimate of drug-likeness (QED) is 0.716. The number of ether oxygens (including phenoxy) is 1. The highest BCUT2D eigenvalue weighted by atomic mass is 35.5. The van der Waals surface area contributed by atoms with Crippen molar-refractivity contribution in [3.63, 3.8) is 0 Å². The zero-order valence-electron chi connectivity index (χ0n) is 17.1. The third kappa shape index (κ3) is 3.69. The monoisotopic (exact) mass is 438 g/mol. The molecule has 7 heteroatoms. The number of anilines is 1. The van der Waals surface area contributed by atoms with Gasteiger partial charge < -0.3 is 14.5 Å². The van der Waals surface area contributed by atoms with Crippen molar-refractivity contribution in [1.29, 1.82) is 0 Å². The predicted octanol–water partition coefficient (Wildman–Crippen LogP) is 3.72. The first-order chi connectivity index (χ1) is 14.9. The molecule has 0 N–H and O–H groups in total. The minimum atomic E-state index is -0.539. The summed E-state index contributed by atoms with van der Waals surface area (Å²) in [5, 5.41) is 0.608. The summed E-state index contributed by atoms with van der Waals surface area (Å²) in [4.78, 5) is 41.7. The molecule has 3 aliphatic rings. The van der Waals surface area contributed by atoms with E-state index >= 15 is 0 Å². The lowest BCUT2D eigenvalue weighted by atomic mass is 9.82. The number of benzene rings is 2. The van der Waals surface area contributed by atoms with Crippen molar-refractivity contribution in [3.8, 4) is 5.75 Å². The Kier molecular flexibility index (Phi) is 4.97. The number of ketones is 1. The average Bonchev–Trinajstić information content (AvgIpc) is 3.16. The van der Waals surface area contributed by atoms with Gasteiger partial charge in [-0.25, -0.2) is 0 Å². The molecule has 1 spiro atoms. The number of Topliss-reactive ketones (excluding diaryl/α,β-unsaturated/α-hetero) is 1. The Morgan fingerprint density at radius 3 is 2.48 bits per heavy atom. The second kappa shape index (κ2) is 7.68. The Hall–Kier alpha value is -2.86. The number of halogens is 1. The van der Waals surface area contributed by atoms with E-state index in [1.54, 1.807) is 35.2 Å². The molecule has 0 radical (unpaired) electrons. The number of piperidine rings is 1. The van der Waals surface area contributed by atoms with Crippen molar-refractivity contribution in [1.82, 2.24) is 4.90 Å². The number of amides is 2. The SMILES string of the molecule is O=C1CC2(CCN(C(=O)C3CC(=O)N(c4ccc(Cl)cc4)C3)CC2)Oc2ccccc21. The first-order valence-corrected chi connectivity index (χ1v) is 11.0. The highest BCUT2D eigenvalue weighted by Gasteiger charge is 2.45. The molecule has 2 saturated heterocycles. The fraction of sp³-hybridized carbons (Fsp3) is 0.375.